The molecule has 0 aliphatic rings. The molecule has 0 unspecified atom stereocenters. The van der Waals surface area contributed by atoms with Gasteiger partial charge in [-0.3, -0.25) is 13.4 Å². The Kier molecular flexibility index (Phi) is 22.3. The molecule has 52 heavy (non-hydrogen) atoms. The summed E-state index contributed by atoms with van der Waals surface area (Å²) >= 11 is 0. The predicted molar refractivity (Wildman–Crippen MR) is 209 cm³/mol. The van der Waals surface area contributed by atoms with E-state index in [2.05, 4.69) is 153 Å². The van der Waals surface area contributed by atoms with Crippen LogP contribution >= 0.6 is 0 Å². The molecule has 3 rings (SSSR count). The minimum atomic E-state index is -2.97. The summed E-state index contributed by atoms with van der Waals surface area (Å²) in [6, 6.07) is 32.4. The van der Waals surface area contributed by atoms with Gasteiger partial charge in [0.25, 0.3) is 0 Å². The zero-order valence-corrected chi connectivity index (χ0v) is 33.2. The molecule has 0 aliphatic heterocycles. The van der Waals surface area contributed by atoms with E-state index in [0.717, 1.165) is 13.4 Å². The van der Waals surface area contributed by atoms with Gasteiger partial charge in [-0.1, -0.05) is 54.6 Å². The summed E-state index contributed by atoms with van der Waals surface area (Å²) in [5.41, 5.74) is 1.34. The molecule has 0 saturated carbocycles. The van der Waals surface area contributed by atoms with Crippen LogP contribution in [0.2, 0.25) is 0 Å². The lowest BCUT2D eigenvalue weighted by atomic mass is 9.96. The molecule has 3 aromatic rings. The van der Waals surface area contributed by atoms with E-state index in [1.165, 1.54) is 76.0 Å². The van der Waals surface area contributed by atoms with Crippen LogP contribution in [-0.4, -0.2) is 87.5 Å². The molecule has 0 saturated heterocycles. The fourth-order valence-corrected chi connectivity index (χ4v) is 6.57. The van der Waals surface area contributed by atoms with Gasteiger partial charge in [0.2, 0.25) is 0 Å². The molecule has 0 spiro atoms. The van der Waals surface area contributed by atoms with Gasteiger partial charge in [-0.2, -0.15) is 0 Å². The summed E-state index contributed by atoms with van der Waals surface area (Å²) in [5.74, 6) is -5.98. The number of carboxylic acid groups (broad SMARTS) is 3. The largest absolute Gasteiger partial charge is 0.550 e. The van der Waals surface area contributed by atoms with Gasteiger partial charge in [-0.25, -0.2) is 0 Å². The van der Waals surface area contributed by atoms with Crippen LogP contribution < -0.4 is 28.8 Å². The molecule has 0 radical (unpaired) electrons. The quantitative estimate of drug-likeness (QED) is 0.208. The van der Waals surface area contributed by atoms with Crippen molar-refractivity contribution in [3.63, 3.8) is 0 Å². The van der Waals surface area contributed by atoms with Gasteiger partial charge in [0.05, 0.1) is 64.9 Å². The summed E-state index contributed by atoms with van der Waals surface area (Å²) < 4.78 is 3.29. The van der Waals surface area contributed by atoms with E-state index in [1.807, 2.05) is 0 Å². The number of aliphatic hydroxyl groups is 1. The Hall–Kier alpha value is -4.09. The first-order chi connectivity index (χ1) is 24.6. The standard InChI is InChI=1S/3C12H20N.C6H8O7/c3*1-4-13(5-2,6-3)12-10-8-7-9-11-12;7-3(8)1-6(13,5(11)12)2-4(9)10/h3*7-11H,4-6H2,1-3H3;13H,1-2H2,(H,7,8)(H,9,10)(H,11,12)/q3*+1;/p-3. The molecule has 0 amide bonds. The molecule has 10 nitrogen and oxygen atoms in total. The molecule has 3 aromatic carbocycles. The molecule has 10 heteroatoms. The van der Waals surface area contributed by atoms with Crippen molar-refractivity contribution in [2.45, 2.75) is 80.8 Å². The zero-order chi connectivity index (χ0) is 39.8. The molecule has 290 valence electrons. The fourth-order valence-electron chi connectivity index (χ4n) is 6.57. The maximum Gasteiger partial charge on any atom is 0.132 e. The van der Waals surface area contributed by atoms with Gasteiger partial charge in [-0.15, -0.1) is 0 Å². The molecule has 0 bridgehead atoms. The summed E-state index contributed by atoms with van der Waals surface area (Å²) in [5, 5.41) is 38.9. The minimum absolute atomic E-state index is 1.10. The number of hydrogen-bond donors (Lipinski definition) is 1. The Labute approximate surface area is 313 Å². The number of benzene rings is 3. The molecular formula is C42H65N3O7. The maximum atomic E-state index is 10.1. The van der Waals surface area contributed by atoms with Crippen molar-refractivity contribution in [3.8, 4) is 0 Å². The van der Waals surface area contributed by atoms with Gasteiger partial charge < -0.3 is 34.8 Å². The van der Waals surface area contributed by atoms with E-state index in [1.54, 1.807) is 0 Å². The van der Waals surface area contributed by atoms with Crippen molar-refractivity contribution in [1.29, 1.82) is 0 Å². The van der Waals surface area contributed by atoms with E-state index in [4.69, 9.17) is 5.11 Å². The Balaban J connectivity index is 0.000000667. The highest BCUT2D eigenvalue weighted by atomic mass is 16.4. The second kappa shape index (κ2) is 24.2. The molecule has 0 heterocycles. The monoisotopic (exact) mass is 723 g/mol. The maximum absolute atomic E-state index is 10.1. The van der Waals surface area contributed by atoms with Crippen LogP contribution in [0.1, 0.15) is 75.2 Å². The topological polar surface area (TPSA) is 141 Å². The van der Waals surface area contributed by atoms with E-state index >= 15 is 0 Å². The number of para-hydroxylation sites is 3. The lowest BCUT2D eigenvalue weighted by Crippen LogP contribution is -2.54. The van der Waals surface area contributed by atoms with E-state index in [-0.39, 0.29) is 0 Å². The van der Waals surface area contributed by atoms with Gasteiger partial charge >= 0.3 is 0 Å². The fraction of sp³-hybridized carbons (Fsp3) is 0.500. The molecule has 0 fully saturated rings. The van der Waals surface area contributed by atoms with Crippen LogP contribution in [0.15, 0.2) is 91.0 Å². The lowest BCUT2D eigenvalue weighted by molar-refractivity contribution is -0.339. The summed E-state index contributed by atoms with van der Waals surface area (Å²) in [7, 11) is 0. The zero-order valence-electron chi connectivity index (χ0n) is 33.2. The van der Waals surface area contributed by atoms with Crippen molar-refractivity contribution in [2.24, 2.45) is 0 Å². The van der Waals surface area contributed by atoms with E-state index in [9.17, 15) is 29.7 Å². The number of aliphatic carboxylic acids is 3. The van der Waals surface area contributed by atoms with Crippen molar-refractivity contribution in [1.82, 2.24) is 13.4 Å². The molecular weight excluding hydrogens is 658 g/mol. The van der Waals surface area contributed by atoms with Gasteiger partial charge in [-0.05, 0) is 98.7 Å². The number of carboxylic acids is 3. The molecule has 0 aromatic heterocycles. The second-order valence-electron chi connectivity index (χ2n) is 12.7. The predicted octanol–water partition coefficient (Wildman–Crippen LogP) is 3.91. The average molecular weight is 724 g/mol. The van der Waals surface area contributed by atoms with Gasteiger partial charge in [0, 0.05) is 24.8 Å². The van der Waals surface area contributed by atoms with Crippen LogP contribution in [0, 0.1) is 0 Å². The van der Waals surface area contributed by atoms with Crippen LogP contribution in [0.4, 0.5) is 17.1 Å². The molecule has 1 N–H and O–H groups in total. The number of quaternary nitrogens is 3. The molecule has 0 aliphatic carbocycles. The first kappa shape index (κ1) is 47.9. The summed E-state index contributed by atoms with van der Waals surface area (Å²) in [6.07, 6.45) is -2.72. The van der Waals surface area contributed by atoms with Crippen molar-refractivity contribution in [2.75, 3.05) is 58.9 Å². The summed E-state index contributed by atoms with van der Waals surface area (Å²) in [6.45, 7) is 31.0. The first-order valence-electron chi connectivity index (χ1n) is 18.7. The van der Waals surface area contributed by atoms with Crippen LogP contribution in [0.3, 0.4) is 0 Å². The van der Waals surface area contributed by atoms with E-state index < -0.39 is 36.4 Å². The Morgan fingerprint density at radius 1 is 0.442 bits per heavy atom. The SMILES string of the molecule is CC[N+](CC)(CC)c1ccccc1.CC[N+](CC)(CC)c1ccccc1.CC[N+](CC)(CC)c1ccccc1.O=C([O-])CC(O)(CC(=O)[O-])C(=O)[O-]. The number of rotatable bonds is 17. The Morgan fingerprint density at radius 2 is 0.635 bits per heavy atom. The number of carbonyl (C=O) groups excluding carboxylic acids is 3. The van der Waals surface area contributed by atoms with Crippen LogP contribution in [0.5, 0.6) is 0 Å². The van der Waals surface area contributed by atoms with Crippen molar-refractivity contribution >= 4 is 35.0 Å². The third-order valence-electron chi connectivity index (χ3n) is 10.6. The first-order valence-corrected chi connectivity index (χ1v) is 18.7. The minimum Gasteiger partial charge on any atom is -0.550 e. The highest BCUT2D eigenvalue weighted by Gasteiger charge is 2.29. The van der Waals surface area contributed by atoms with Gasteiger partial charge in [0.15, 0.2) is 0 Å². The number of nitrogens with zero attached hydrogens (tertiary/aromatic N) is 3. The van der Waals surface area contributed by atoms with Crippen LogP contribution in [-0.2, 0) is 14.4 Å². The van der Waals surface area contributed by atoms with E-state index in [0.29, 0.717) is 0 Å². The number of carbonyl (C=O) groups is 3. The van der Waals surface area contributed by atoms with Gasteiger partial charge in [0.1, 0.15) is 22.7 Å². The summed E-state index contributed by atoms with van der Waals surface area (Å²) in [4.78, 5) is 30.0. The highest BCUT2D eigenvalue weighted by Crippen LogP contribution is 2.23. The van der Waals surface area contributed by atoms with Crippen LogP contribution in [0.25, 0.3) is 0 Å². The highest BCUT2D eigenvalue weighted by molar-refractivity contribution is 5.86. The second-order valence-corrected chi connectivity index (χ2v) is 12.7. The lowest BCUT2D eigenvalue weighted by Gasteiger charge is -2.35. The Morgan fingerprint density at radius 3 is 0.769 bits per heavy atom. The van der Waals surface area contributed by atoms with Crippen molar-refractivity contribution in [3.05, 3.63) is 91.0 Å². The normalized spacial score (nSPS) is 11.4. The van der Waals surface area contributed by atoms with Crippen molar-refractivity contribution < 1.29 is 34.8 Å². The Bertz CT molecular complexity index is 1230. The molecule has 0 atom stereocenters. The third-order valence-corrected chi connectivity index (χ3v) is 10.6. The average Bonchev–Trinajstić information content (AvgIpc) is 3.16. The number of hydrogen-bond acceptors (Lipinski definition) is 7. The smallest absolute Gasteiger partial charge is 0.132 e. The third kappa shape index (κ3) is 14.1.